The Kier molecular flexibility index (Phi) is 5.67. The third kappa shape index (κ3) is 4.07. The number of imidazole rings is 1. The molecule has 10 heteroatoms. The number of rotatable bonds is 5. The molecule has 2 bridgehead atoms. The lowest BCUT2D eigenvalue weighted by atomic mass is 9.70. The number of para-hydroxylation sites is 2. The summed E-state index contributed by atoms with van der Waals surface area (Å²) in [5.41, 5.74) is 4.89. The number of pyridine rings is 1. The number of nitrogens with one attached hydrogen (secondary N) is 2. The van der Waals surface area contributed by atoms with Gasteiger partial charge in [0.25, 0.3) is 5.56 Å². The molecule has 1 amide bonds. The molecule has 0 saturated carbocycles. The molecule has 39 heavy (non-hydrogen) atoms. The van der Waals surface area contributed by atoms with Crippen LogP contribution in [0.25, 0.3) is 11.0 Å². The van der Waals surface area contributed by atoms with Gasteiger partial charge in [0.05, 0.1) is 22.6 Å². The number of hydrogen-bond donors (Lipinski definition) is 3. The van der Waals surface area contributed by atoms with E-state index in [0.717, 1.165) is 40.2 Å². The summed E-state index contributed by atoms with van der Waals surface area (Å²) >= 11 is 0. The standard InChI is InChI=1S/C29H29N6O4/c36-27-7-3-6-24-18-12-19(16-33(24)27)28-21(14-17-13-20(35(38)39)8-9-25(17)34(28)15-18)29(37)30-11-10-26-31-22-4-1-2-5-23(22)32-26/h1-9,13,18-19,21,28,38H,10-12,14-16H2,(H,30,37)(H,31,32)/q-1/t18?,19?,21-,28+/m1/s1. The van der Waals surface area contributed by atoms with Gasteiger partial charge in [-0.1, -0.05) is 18.2 Å². The molecular formula is C29H29N6O4-. The minimum atomic E-state index is -0.367. The second kappa shape index (κ2) is 9.25. The summed E-state index contributed by atoms with van der Waals surface area (Å²) in [5.74, 6) is 0.701. The molecule has 2 aromatic heterocycles. The van der Waals surface area contributed by atoms with Gasteiger partial charge in [0, 0.05) is 55.5 Å². The third-order valence-electron chi connectivity index (χ3n) is 8.65. The molecular weight excluding hydrogens is 496 g/mol. The van der Waals surface area contributed by atoms with E-state index in [0.29, 0.717) is 32.5 Å². The predicted molar refractivity (Wildman–Crippen MR) is 147 cm³/mol. The number of H-pyrrole nitrogens is 1. The van der Waals surface area contributed by atoms with Crippen molar-refractivity contribution in [2.75, 3.05) is 23.2 Å². The molecule has 0 spiro atoms. The summed E-state index contributed by atoms with van der Waals surface area (Å²) in [5, 5.41) is 24.2. The van der Waals surface area contributed by atoms with E-state index in [-0.39, 0.29) is 46.2 Å². The van der Waals surface area contributed by atoms with Gasteiger partial charge in [-0.15, -0.1) is 0 Å². The lowest BCUT2D eigenvalue weighted by Gasteiger charge is -2.54. The van der Waals surface area contributed by atoms with Crippen molar-refractivity contribution >= 4 is 28.3 Å². The summed E-state index contributed by atoms with van der Waals surface area (Å²) in [4.78, 5) is 36.7. The van der Waals surface area contributed by atoms with E-state index in [4.69, 9.17) is 0 Å². The molecule has 3 N–H and O–H groups in total. The second-order valence-electron chi connectivity index (χ2n) is 10.9. The number of carbonyl (C=O) groups is 1. The molecule has 4 atom stereocenters. The van der Waals surface area contributed by atoms with Crippen molar-refractivity contribution in [3.8, 4) is 0 Å². The molecule has 200 valence electrons. The van der Waals surface area contributed by atoms with E-state index >= 15 is 0 Å². The summed E-state index contributed by atoms with van der Waals surface area (Å²) in [6.07, 6.45) is 1.95. The topological polar surface area (TPSA) is 130 Å². The van der Waals surface area contributed by atoms with Crippen LogP contribution in [0.2, 0.25) is 0 Å². The van der Waals surface area contributed by atoms with E-state index in [9.17, 15) is 20.0 Å². The Hall–Kier alpha value is -4.15. The highest BCUT2D eigenvalue weighted by Gasteiger charge is 2.49. The van der Waals surface area contributed by atoms with Gasteiger partial charge < -0.3 is 30.2 Å². The van der Waals surface area contributed by atoms with Crippen LogP contribution < -0.4 is 21.0 Å². The zero-order chi connectivity index (χ0) is 26.7. The van der Waals surface area contributed by atoms with Crippen LogP contribution in [0.1, 0.15) is 29.4 Å². The Labute approximate surface area is 224 Å². The average molecular weight is 526 g/mol. The molecule has 10 nitrogen and oxygen atoms in total. The maximum absolute atomic E-state index is 13.8. The normalized spacial score (nSPS) is 23.1. The van der Waals surface area contributed by atoms with Crippen LogP contribution in [0.5, 0.6) is 0 Å². The van der Waals surface area contributed by atoms with Gasteiger partial charge in [0.15, 0.2) is 0 Å². The van der Waals surface area contributed by atoms with Gasteiger partial charge in [0.2, 0.25) is 5.91 Å². The maximum atomic E-state index is 13.8. The number of carbonyl (C=O) groups excluding carboxylic acids is 1. The lowest BCUT2D eigenvalue weighted by molar-refractivity contribution is -0.126. The Morgan fingerprint density at radius 2 is 2.03 bits per heavy atom. The number of nitrogens with zero attached hydrogens (tertiary/aromatic N) is 4. The highest BCUT2D eigenvalue weighted by Crippen LogP contribution is 2.47. The minimum absolute atomic E-state index is 0.00169. The monoisotopic (exact) mass is 525 g/mol. The first-order valence-electron chi connectivity index (χ1n) is 13.4. The van der Waals surface area contributed by atoms with Crippen molar-refractivity contribution < 1.29 is 10.0 Å². The lowest BCUT2D eigenvalue weighted by Crippen LogP contribution is -2.61. The molecule has 3 aliphatic heterocycles. The van der Waals surface area contributed by atoms with Gasteiger partial charge in [-0.3, -0.25) is 14.8 Å². The van der Waals surface area contributed by atoms with Gasteiger partial charge >= 0.3 is 0 Å². The van der Waals surface area contributed by atoms with E-state index in [1.165, 1.54) is 0 Å². The van der Waals surface area contributed by atoms with Crippen molar-refractivity contribution in [1.29, 1.82) is 0 Å². The van der Waals surface area contributed by atoms with E-state index in [1.54, 1.807) is 18.2 Å². The quantitative estimate of drug-likeness (QED) is 0.342. The van der Waals surface area contributed by atoms with Gasteiger partial charge in [-0.25, -0.2) is 4.98 Å². The molecule has 3 aliphatic rings. The fourth-order valence-corrected chi connectivity index (χ4v) is 7.02. The molecule has 0 aliphatic carbocycles. The van der Waals surface area contributed by atoms with Crippen molar-refractivity contribution in [2.24, 2.45) is 11.8 Å². The molecule has 2 aromatic carbocycles. The number of aromatic amines is 1. The number of piperidine rings is 1. The largest absolute Gasteiger partial charge is 0.733 e. The second-order valence-corrected chi connectivity index (χ2v) is 10.9. The van der Waals surface area contributed by atoms with Crippen LogP contribution in [-0.2, 0) is 24.2 Å². The summed E-state index contributed by atoms with van der Waals surface area (Å²) in [6.45, 7) is 1.70. The maximum Gasteiger partial charge on any atom is 0.250 e. The zero-order valence-electron chi connectivity index (χ0n) is 21.3. The average Bonchev–Trinajstić information content (AvgIpc) is 3.35. The van der Waals surface area contributed by atoms with Gasteiger partial charge in [-0.05, 0) is 60.7 Å². The van der Waals surface area contributed by atoms with Crippen molar-refractivity contribution in [3.63, 3.8) is 0 Å². The summed E-state index contributed by atoms with van der Waals surface area (Å²) in [7, 11) is 0. The van der Waals surface area contributed by atoms with Gasteiger partial charge in [0.1, 0.15) is 5.82 Å². The van der Waals surface area contributed by atoms with Crippen LogP contribution in [0.4, 0.5) is 11.4 Å². The molecule has 4 aromatic rings. The number of benzene rings is 2. The van der Waals surface area contributed by atoms with Crippen molar-refractivity contribution in [3.05, 3.63) is 93.3 Å². The molecule has 2 unspecified atom stereocenters. The Morgan fingerprint density at radius 3 is 2.87 bits per heavy atom. The smallest absolute Gasteiger partial charge is 0.250 e. The first kappa shape index (κ1) is 23.9. The predicted octanol–water partition coefficient (Wildman–Crippen LogP) is 2.94. The Bertz CT molecular complexity index is 1590. The van der Waals surface area contributed by atoms with E-state index in [1.807, 2.05) is 47.0 Å². The van der Waals surface area contributed by atoms with E-state index in [2.05, 4.69) is 20.2 Å². The first-order chi connectivity index (χ1) is 19.0. The molecule has 5 heterocycles. The first-order valence-corrected chi connectivity index (χ1v) is 13.4. The summed E-state index contributed by atoms with van der Waals surface area (Å²) in [6, 6.07) is 18.4. The van der Waals surface area contributed by atoms with Gasteiger partial charge in [-0.2, -0.15) is 0 Å². The van der Waals surface area contributed by atoms with E-state index < -0.39 is 0 Å². The number of anilines is 2. The van der Waals surface area contributed by atoms with Crippen LogP contribution >= 0.6 is 0 Å². The Balaban J connectivity index is 1.18. The molecule has 1 fully saturated rings. The number of aromatic nitrogens is 3. The SMILES string of the molecule is O=C(NCCc1nc2ccccc2[nH]1)[C@@H]1Cc2cc(N([O-])O)ccc2N2CC3CC(Cn4c3cccc4=O)[C@@H]12. The fourth-order valence-electron chi connectivity index (χ4n) is 7.02. The van der Waals surface area contributed by atoms with Crippen LogP contribution in [0.15, 0.2) is 65.5 Å². The van der Waals surface area contributed by atoms with Crippen molar-refractivity contribution in [1.82, 2.24) is 19.9 Å². The highest BCUT2D eigenvalue weighted by atomic mass is 16.8. The minimum Gasteiger partial charge on any atom is -0.733 e. The number of hydrogen-bond acceptors (Lipinski definition) is 7. The molecule has 1 saturated heterocycles. The van der Waals surface area contributed by atoms with Crippen molar-refractivity contribution in [2.45, 2.75) is 37.8 Å². The summed E-state index contributed by atoms with van der Waals surface area (Å²) < 4.78 is 1.88. The van der Waals surface area contributed by atoms with Crippen LogP contribution in [0, 0.1) is 17.0 Å². The fraction of sp³-hybridized carbons (Fsp3) is 0.345. The number of amides is 1. The highest BCUT2D eigenvalue weighted by molar-refractivity contribution is 5.82. The third-order valence-corrected chi connectivity index (χ3v) is 8.65. The Morgan fingerprint density at radius 1 is 1.15 bits per heavy atom. The molecule has 7 rings (SSSR count). The molecule has 0 radical (unpaired) electrons. The van der Waals surface area contributed by atoms with Crippen LogP contribution in [-0.4, -0.2) is 44.8 Å². The number of fused-ring (bicyclic) bond motifs is 9. The van der Waals surface area contributed by atoms with Crippen LogP contribution in [0.3, 0.4) is 0 Å². The zero-order valence-corrected chi connectivity index (χ0v) is 21.3.